The lowest BCUT2D eigenvalue weighted by Crippen LogP contribution is -2.47. The van der Waals surface area contributed by atoms with Gasteiger partial charge in [-0.1, -0.05) is 30.0 Å². The van der Waals surface area contributed by atoms with Gasteiger partial charge >= 0.3 is 0 Å². The number of carbonyl (C=O) groups is 2. The Bertz CT molecular complexity index is 942. The third-order valence-corrected chi connectivity index (χ3v) is 6.04. The molecule has 0 unspecified atom stereocenters. The minimum absolute atomic E-state index is 0.0310. The second kappa shape index (κ2) is 10.5. The Labute approximate surface area is 185 Å². The topological polar surface area (TPSA) is 83.4 Å². The van der Waals surface area contributed by atoms with Crippen molar-refractivity contribution in [2.24, 2.45) is 0 Å². The second-order valence-corrected chi connectivity index (χ2v) is 8.33. The van der Waals surface area contributed by atoms with E-state index in [1.54, 1.807) is 23.6 Å². The summed E-state index contributed by atoms with van der Waals surface area (Å²) in [5, 5.41) is 11.7. The van der Waals surface area contributed by atoms with Crippen LogP contribution in [-0.2, 0) is 11.3 Å². The number of allylic oxidation sites excluding steroid dienone is 1. The fourth-order valence-electron chi connectivity index (χ4n) is 3.29. The van der Waals surface area contributed by atoms with Crippen LogP contribution in [0.25, 0.3) is 0 Å². The maximum atomic E-state index is 13.9. The zero-order chi connectivity index (χ0) is 22.4. The molecule has 1 N–H and O–H groups in total. The molecule has 0 aliphatic carbocycles. The Hall–Kier alpha value is -2.72. The van der Waals surface area contributed by atoms with Crippen LogP contribution in [0.3, 0.4) is 0 Å². The fourth-order valence-corrected chi connectivity index (χ4v) is 4.14. The predicted molar refractivity (Wildman–Crippen MR) is 117 cm³/mol. The monoisotopic (exact) mass is 446 g/mol. The maximum Gasteiger partial charge on any atom is 0.254 e. The summed E-state index contributed by atoms with van der Waals surface area (Å²) in [5.41, 5.74) is -0.0310. The molecule has 0 radical (unpaired) electrons. The molecule has 0 spiro atoms. The number of likely N-dealkylation sites (N-methyl/N-ethyl adjacent to an activating group) is 1. The number of hydrogen-bond acceptors (Lipinski definition) is 6. The number of amides is 2. The number of carbonyl (C=O) groups excluding carboxylic acids is 2. The summed E-state index contributed by atoms with van der Waals surface area (Å²) in [4.78, 5) is 29.0. The van der Waals surface area contributed by atoms with E-state index in [1.165, 1.54) is 30.0 Å². The standard InChI is InChI=1S/C21H27FN6O2S/c1-4-9-28-19(15(2)23-20(30)16-7-5-6-8-17(16)22)24-25-21(28)31-14-18(29)27-12-10-26(3)11-13-27/h4-8,15H,1,9-14H2,2-3H3,(H,23,30)/t15-/m0/s1. The van der Waals surface area contributed by atoms with Crippen molar-refractivity contribution in [2.45, 2.75) is 24.7 Å². The van der Waals surface area contributed by atoms with Crippen molar-refractivity contribution in [3.8, 4) is 0 Å². The van der Waals surface area contributed by atoms with Crippen molar-refractivity contribution in [3.05, 3.63) is 54.1 Å². The zero-order valence-corrected chi connectivity index (χ0v) is 18.6. The van der Waals surface area contributed by atoms with Crippen LogP contribution in [0, 0.1) is 5.82 Å². The van der Waals surface area contributed by atoms with Gasteiger partial charge in [-0.15, -0.1) is 16.8 Å². The molecular weight excluding hydrogens is 419 g/mol. The first kappa shape index (κ1) is 23.0. The molecule has 2 heterocycles. The number of thioether (sulfide) groups is 1. The van der Waals surface area contributed by atoms with E-state index in [0.29, 0.717) is 17.5 Å². The highest BCUT2D eigenvalue weighted by Crippen LogP contribution is 2.22. The smallest absolute Gasteiger partial charge is 0.254 e. The first-order valence-electron chi connectivity index (χ1n) is 10.1. The third kappa shape index (κ3) is 5.71. The van der Waals surface area contributed by atoms with Gasteiger partial charge in [0, 0.05) is 32.7 Å². The van der Waals surface area contributed by atoms with Gasteiger partial charge in [0.25, 0.3) is 5.91 Å². The molecule has 1 atom stereocenters. The van der Waals surface area contributed by atoms with Gasteiger partial charge in [0.1, 0.15) is 5.82 Å². The van der Waals surface area contributed by atoms with Crippen LogP contribution in [0.2, 0.25) is 0 Å². The first-order chi connectivity index (χ1) is 14.9. The van der Waals surface area contributed by atoms with Crippen LogP contribution in [0.4, 0.5) is 4.39 Å². The summed E-state index contributed by atoms with van der Waals surface area (Å²) in [6.07, 6.45) is 1.70. The number of hydrogen-bond donors (Lipinski definition) is 1. The molecule has 1 aliphatic rings. The molecule has 0 saturated carbocycles. The molecule has 2 aromatic rings. The van der Waals surface area contributed by atoms with Crippen molar-refractivity contribution < 1.29 is 14.0 Å². The Balaban J connectivity index is 1.66. The number of rotatable bonds is 8. The van der Waals surface area contributed by atoms with Gasteiger partial charge in [-0.05, 0) is 26.1 Å². The van der Waals surface area contributed by atoms with Crippen molar-refractivity contribution in [1.82, 2.24) is 29.9 Å². The van der Waals surface area contributed by atoms with Gasteiger partial charge in [-0.25, -0.2) is 4.39 Å². The van der Waals surface area contributed by atoms with E-state index >= 15 is 0 Å². The Morgan fingerprint density at radius 3 is 2.65 bits per heavy atom. The lowest BCUT2D eigenvalue weighted by molar-refractivity contribution is -0.129. The highest BCUT2D eigenvalue weighted by Gasteiger charge is 2.23. The van der Waals surface area contributed by atoms with E-state index in [-0.39, 0.29) is 17.2 Å². The van der Waals surface area contributed by atoms with Gasteiger partial charge in [0.15, 0.2) is 11.0 Å². The number of piperazine rings is 1. The summed E-state index contributed by atoms with van der Waals surface area (Å²) >= 11 is 1.31. The average molecular weight is 447 g/mol. The normalized spacial score (nSPS) is 15.5. The van der Waals surface area contributed by atoms with E-state index in [2.05, 4.69) is 27.0 Å². The minimum Gasteiger partial charge on any atom is -0.342 e. The fraction of sp³-hybridized carbons (Fsp3) is 0.429. The highest BCUT2D eigenvalue weighted by molar-refractivity contribution is 7.99. The molecule has 1 aromatic heterocycles. The number of benzene rings is 1. The quantitative estimate of drug-likeness (QED) is 0.493. The average Bonchev–Trinajstić information content (AvgIpc) is 3.15. The molecule has 1 fully saturated rings. The lowest BCUT2D eigenvalue weighted by Gasteiger charge is -2.32. The van der Waals surface area contributed by atoms with E-state index in [1.807, 2.05) is 11.9 Å². The van der Waals surface area contributed by atoms with E-state index in [4.69, 9.17) is 0 Å². The van der Waals surface area contributed by atoms with Crippen LogP contribution in [0.5, 0.6) is 0 Å². The van der Waals surface area contributed by atoms with Gasteiger partial charge in [0.05, 0.1) is 17.4 Å². The number of aromatic nitrogens is 3. The summed E-state index contributed by atoms with van der Waals surface area (Å²) in [6, 6.07) is 5.29. The molecule has 8 nitrogen and oxygen atoms in total. The summed E-state index contributed by atoms with van der Waals surface area (Å²) in [6.45, 7) is 9.13. The minimum atomic E-state index is -0.585. The van der Waals surface area contributed by atoms with E-state index in [9.17, 15) is 14.0 Å². The summed E-state index contributed by atoms with van der Waals surface area (Å²) in [5.74, 6) is -0.279. The van der Waals surface area contributed by atoms with Gasteiger partial charge in [-0.2, -0.15) is 0 Å². The van der Waals surface area contributed by atoms with Crippen molar-refractivity contribution in [1.29, 1.82) is 0 Å². The van der Waals surface area contributed by atoms with Crippen molar-refractivity contribution >= 4 is 23.6 Å². The summed E-state index contributed by atoms with van der Waals surface area (Å²) in [7, 11) is 2.04. The van der Waals surface area contributed by atoms with Gasteiger partial charge in [-0.3, -0.25) is 9.59 Å². The van der Waals surface area contributed by atoms with E-state index in [0.717, 1.165) is 26.2 Å². The molecule has 10 heteroatoms. The zero-order valence-electron chi connectivity index (χ0n) is 17.8. The van der Waals surface area contributed by atoms with Crippen LogP contribution >= 0.6 is 11.8 Å². The molecule has 0 bridgehead atoms. The van der Waals surface area contributed by atoms with Crippen molar-refractivity contribution in [3.63, 3.8) is 0 Å². The molecule has 1 aromatic carbocycles. The number of nitrogens with one attached hydrogen (secondary N) is 1. The lowest BCUT2D eigenvalue weighted by atomic mass is 10.2. The van der Waals surface area contributed by atoms with Crippen LogP contribution in [0.15, 0.2) is 42.1 Å². The Morgan fingerprint density at radius 1 is 1.26 bits per heavy atom. The second-order valence-electron chi connectivity index (χ2n) is 7.39. The van der Waals surface area contributed by atoms with E-state index < -0.39 is 17.8 Å². The van der Waals surface area contributed by atoms with Crippen LogP contribution < -0.4 is 5.32 Å². The number of nitrogens with zero attached hydrogens (tertiary/aromatic N) is 5. The molecule has 2 amide bonds. The SMILES string of the molecule is C=CCn1c(SCC(=O)N2CCN(C)CC2)nnc1[C@H](C)NC(=O)c1ccccc1F. The van der Waals surface area contributed by atoms with Gasteiger partial charge < -0.3 is 19.7 Å². The molecule has 1 aliphatic heterocycles. The molecule has 3 rings (SSSR count). The molecule has 1 saturated heterocycles. The van der Waals surface area contributed by atoms with Crippen molar-refractivity contribution in [2.75, 3.05) is 39.0 Å². The Morgan fingerprint density at radius 2 is 1.97 bits per heavy atom. The third-order valence-electron chi connectivity index (χ3n) is 5.09. The Kier molecular flexibility index (Phi) is 7.80. The molecule has 31 heavy (non-hydrogen) atoms. The summed E-state index contributed by atoms with van der Waals surface area (Å²) < 4.78 is 15.7. The largest absolute Gasteiger partial charge is 0.342 e. The molecule has 166 valence electrons. The van der Waals surface area contributed by atoms with Crippen LogP contribution in [-0.4, -0.2) is 75.4 Å². The first-order valence-corrected chi connectivity index (χ1v) is 11.1. The maximum absolute atomic E-state index is 13.9. The van der Waals surface area contributed by atoms with Gasteiger partial charge in [0.2, 0.25) is 5.91 Å². The molecular formula is C21H27FN6O2S. The predicted octanol–water partition coefficient (Wildman–Crippen LogP) is 1.96. The van der Waals surface area contributed by atoms with Crippen LogP contribution in [0.1, 0.15) is 29.1 Å². The number of halogens is 1. The highest BCUT2D eigenvalue weighted by atomic mass is 32.2.